The van der Waals surface area contributed by atoms with Crippen molar-refractivity contribution in [3.63, 3.8) is 0 Å². The SMILES string of the molecule is CC(Cc1cccs1)N(C)CCCC(=O)NN. The van der Waals surface area contributed by atoms with Crippen molar-refractivity contribution in [2.24, 2.45) is 5.84 Å². The molecule has 1 aromatic heterocycles. The molecule has 0 radical (unpaired) electrons. The maximum absolute atomic E-state index is 11.0. The summed E-state index contributed by atoms with van der Waals surface area (Å²) in [6.07, 6.45) is 2.40. The molecular formula is C12H21N3OS. The van der Waals surface area contributed by atoms with Gasteiger partial charge in [-0.15, -0.1) is 11.3 Å². The van der Waals surface area contributed by atoms with Gasteiger partial charge in [0.15, 0.2) is 0 Å². The third-order valence-corrected chi connectivity index (χ3v) is 3.80. The second-order valence-electron chi connectivity index (χ2n) is 4.28. The van der Waals surface area contributed by atoms with Crippen LogP contribution in [-0.2, 0) is 11.2 Å². The number of nitrogens with zero attached hydrogens (tertiary/aromatic N) is 1. The highest BCUT2D eigenvalue weighted by atomic mass is 32.1. The van der Waals surface area contributed by atoms with Crippen LogP contribution in [0.5, 0.6) is 0 Å². The van der Waals surface area contributed by atoms with Crippen molar-refractivity contribution in [1.82, 2.24) is 10.3 Å². The van der Waals surface area contributed by atoms with Gasteiger partial charge in [-0.3, -0.25) is 10.2 Å². The van der Waals surface area contributed by atoms with Gasteiger partial charge in [-0.05, 0) is 44.8 Å². The molecule has 1 aromatic rings. The predicted octanol–water partition coefficient (Wildman–Crippen LogP) is 1.38. The Kier molecular flexibility index (Phi) is 6.18. The van der Waals surface area contributed by atoms with Crippen LogP contribution in [0.3, 0.4) is 0 Å². The minimum atomic E-state index is -0.0932. The smallest absolute Gasteiger partial charge is 0.233 e. The first-order valence-corrected chi connectivity index (χ1v) is 6.73. The molecule has 5 heteroatoms. The van der Waals surface area contributed by atoms with E-state index in [-0.39, 0.29) is 5.91 Å². The average Bonchev–Trinajstić information content (AvgIpc) is 2.81. The van der Waals surface area contributed by atoms with Crippen LogP contribution in [0.2, 0.25) is 0 Å². The summed E-state index contributed by atoms with van der Waals surface area (Å²) in [7, 11) is 2.10. The molecule has 0 spiro atoms. The van der Waals surface area contributed by atoms with Crippen LogP contribution < -0.4 is 11.3 Å². The molecule has 1 amide bonds. The zero-order valence-corrected chi connectivity index (χ0v) is 11.3. The van der Waals surface area contributed by atoms with E-state index in [1.165, 1.54) is 4.88 Å². The molecule has 96 valence electrons. The van der Waals surface area contributed by atoms with Gasteiger partial charge in [0.1, 0.15) is 0 Å². The number of carbonyl (C=O) groups is 1. The summed E-state index contributed by atoms with van der Waals surface area (Å²) >= 11 is 1.79. The van der Waals surface area contributed by atoms with Crippen molar-refractivity contribution in [1.29, 1.82) is 0 Å². The average molecular weight is 255 g/mol. The summed E-state index contributed by atoms with van der Waals surface area (Å²) in [5, 5.41) is 2.10. The minimum Gasteiger partial charge on any atom is -0.303 e. The van der Waals surface area contributed by atoms with Crippen molar-refractivity contribution in [3.8, 4) is 0 Å². The number of hydrogen-bond acceptors (Lipinski definition) is 4. The minimum absolute atomic E-state index is 0.0932. The number of thiophene rings is 1. The lowest BCUT2D eigenvalue weighted by Gasteiger charge is -2.24. The lowest BCUT2D eigenvalue weighted by molar-refractivity contribution is -0.121. The van der Waals surface area contributed by atoms with E-state index in [1.54, 1.807) is 11.3 Å². The number of nitrogens with one attached hydrogen (secondary N) is 1. The second kappa shape index (κ2) is 7.42. The molecule has 0 fully saturated rings. The van der Waals surface area contributed by atoms with Gasteiger partial charge in [-0.2, -0.15) is 0 Å². The summed E-state index contributed by atoms with van der Waals surface area (Å²) in [6, 6.07) is 4.74. The Balaban J connectivity index is 2.22. The van der Waals surface area contributed by atoms with Crippen molar-refractivity contribution in [2.75, 3.05) is 13.6 Å². The number of amides is 1. The summed E-state index contributed by atoms with van der Waals surface area (Å²) in [4.78, 5) is 14.7. The Bertz CT molecular complexity index is 327. The molecule has 0 aliphatic carbocycles. The molecule has 0 aliphatic heterocycles. The molecule has 4 nitrogen and oxygen atoms in total. The van der Waals surface area contributed by atoms with E-state index in [4.69, 9.17) is 5.84 Å². The fourth-order valence-corrected chi connectivity index (χ4v) is 2.48. The fraction of sp³-hybridized carbons (Fsp3) is 0.583. The van der Waals surface area contributed by atoms with Crippen LogP contribution in [0, 0.1) is 0 Å². The summed E-state index contributed by atoms with van der Waals surface area (Å²) < 4.78 is 0. The van der Waals surface area contributed by atoms with E-state index < -0.39 is 0 Å². The molecule has 3 N–H and O–H groups in total. The number of nitrogens with two attached hydrogens (primary N) is 1. The van der Waals surface area contributed by atoms with Gasteiger partial charge in [-0.1, -0.05) is 6.07 Å². The molecule has 1 rings (SSSR count). The Hall–Kier alpha value is -0.910. The lowest BCUT2D eigenvalue weighted by Crippen LogP contribution is -2.33. The highest BCUT2D eigenvalue weighted by Gasteiger charge is 2.10. The van der Waals surface area contributed by atoms with Gasteiger partial charge in [0, 0.05) is 17.3 Å². The molecule has 1 heterocycles. The number of hydrazine groups is 1. The fourth-order valence-electron chi connectivity index (χ4n) is 1.66. The maximum atomic E-state index is 11.0. The summed E-state index contributed by atoms with van der Waals surface area (Å²) in [5.41, 5.74) is 2.15. The van der Waals surface area contributed by atoms with Gasteiger partial charge < -0.3 is 4.90 Å². The molecular weight excluding hydrogens is 234 g/mol. The zero-order valence-electron chi connectivity index (χ0n) is 10.5. The molecule has 1 unspecified atom stereocenters. The number of hydrogen-bond donors (Lipinski definition) is 2. The number of likely N-dealkylation sites (N-methyl/N-ethyl adjacent to an activating group) is 1. The van der Waals surface area contributed by atoms with Crippen LogP contribution in [0.1, 0.15) is 24.6 Å². The number of carbonyl (C=O) groups excluding carboxylic acids is 1. The topological polar surface area (TPSA) is 58.4 Å². The molecule has 0 saturated carbocycles. The van der Waals surface area contributed by atoms with Crippen molar-refractivity contribution >= 4 is 17.2 Å². The van der Waals surface area contributed by atoms with Gasteiger partial charge in [0.25, 0.3) is 0 Å². The van der Waals surface area contributed by atoms with Gasteiger partial charge in [0.05, 0.1) is 0 Å². The molecule has 0 saturated heterocycles. The molecule has 1 atom stereocenters. The molecule has 0 aliphatic rings. The first-order chi connectivity index (χ1) is 8.13. The predicted molar refractivity (Wildman–Crippen MR) is 71.7 cm³/mol. The Labute approximate surface area is 107 Å². The van der Waals surface area contributed by atoms with E-state index in [1.807, 2.05) is 0 Å². The maximum Gasteiger partial charge on any atom is 0.233 e. The van der Waals surface area contributed by atoms with Crippen molar-refractivity contribution in [2.45, 2.75) is 32.2 Å². The van der Waals surface area contributed by atoms with E-state index in [0.29, 0.717) is 12.5 Å². The van der Waals surface area contributed by atoms with Crippen molar-refractivity contribution in [3.05, 3.63) is 22.4 Å². The third kappa shape index (κ3) is 5.30. The highest BCUT2D eigenvalue weighted by Crippen LogP contribution is 2.13. The van der Waals surface area contributed by atoms with Gasteiger partial charge in [-0.25, -0.2) is 5.84 Å². The normalized spacial score (nSPS) is 12.7. The molecule has 17 heavy (non-hydrogen) atoms. The third-order valence-electron chi connectivity index (χ3n) is 2.90. The Morgan fingerprint density at radius 1 is 1.65 bits per heavy atom. The standard InChI is InChI=1S/C12H21N3OS/c1-10(9-11-5-4-8-17-11)15(2)7-3-6-12(16)14-13/h4-5,8,10H,3,6-7,9,13H2,1-2H3,(H,14,16). The number of rotatable bonds is 7. The van der Waals surface area contributed by atoms with E-state index in [0.717, 1.165) is 19.4 Å². The second-order valence-corrected chi connectivity index (χ2v) is 5.32. The van der Waals surface area contributed by atoms with Crippen LogP contribution in [0.15, 0.2) is 17.5 Å². The highest BCUT2D eigenvalue weighted by molar-refractivity contribution is 7.09. The first-order valence-electron chi connectivity index (χ1n) is 5.85. The van der Waals surface area contributed by atoms with Crippen LogP contribution >= 0.6 is 11.3 Å². The monoisotopic (exact) mass is 255 g/mol. The quantitative estimate of drug-likeness (QED) is 0.440. The van der Waals surface area contributed by atoms with Crippen LogP contribution in [-0.4, -0.2) is 30.4 Å². The Morgan fingerprint density at radius 2 is 2.41 bits per heavy atom. The van der Waals surface area contributed by atoms with Gasteiger partial charge in [0.2, 0.25) is 5.91 Å². The van der Waals surface area contributed by atoms with E-state index in [2.05, 4.69) is 41.8 Å². The molecule has 0 aromatic carbocycles. The zero-order chi connectivity index (χ0) is 12.7. The lowest BCUT2D eigenvalue weighted by atomic mass is 10.1. The van der Waals surface area contributed by atoms with E-state index in [9.17, 15) is 4.79 Å². The first kappa shape index (κ1) is 14.2. The molecule has 0 bridgehead atoms. The summed E-state index contributed by atoms with van der Waals surface area (Å²) in [5.74, 6) is 4.93. The van der Waals surface area contributed by atoms with Crippen LogP contribution in [0.4, 0.5) is 0 Å². The largest absolute Gasteiger partial charge is 0.303 e. The van der Waals surface area contributed by atoms with Crippen LogP contribution in [0.25, 0.3) is 0 Å². The summed E-state index contributed by atoms with van der Waals surface area (Å²) in [6.45, 7) is 3.13. The van der Waals surface area contributed by atoms with E-state index >= 15 is 0 Å². The van der Waals surface area contributed by atoms with Gasteiger partial charge >= 0.3 is 0 Å². The van der Waals surface area contributed by atoms with Crippen molar-refractivity contribution < 1.29 is 4.79 Å². The Morgan fingerprint density at radius 3 is 3.00 bits per heavy atom.